The Morgan fingerprint density at radius 1 is 1.25 bits per heavy atom. The normalized spacial score (nSPS) is 12.7. The summed E-state index contributed by atoms with van der Waals surface area (Å²) in [7, 11) is 5.81. The lowest BCUT2D eigenvalue weighted by Gasteiger charge is -2.24. The van der Waals surface area contributed by atoms with Crippen LogP contribution < -0.4 is 15.4 Å². The molecule has 0 aliphatic carbocycles. The molecule has 1 atom stereocenters. The van der Waals surface area contributed by atoms with Gasteiger partial charge in [0, 0.05) is 19.3 Å². The van der Waals surface area contributed by atoms with Gasteiger partial charge in [0.05, 0.1) is 19.7 Å². The molecule has 2 aromatic rings. The third-order valence-corrected chi connectivity index (χ3v) is 4.59. The first-order valence-corrected chi connectivity index (χ1v) is 9.84. The molecule has 1 heterocycles. The number of benzene rings is 1. The second-order valence-electron chi connectivity index (χ2n) is 6.64. The Labute approximate surface area is 173 Å². The van der Waals surface area contributed by atoms with Crippen LogP contribution in [0.15, 0.2) is 47.6 Å². The van der Waals surface area contributed by atoms with E-state index in [9.17, 15) is 0 Å². The Bertz CT molecular complexity index is 749. The van der Waals surface area contributed by atoms with E-state index in [1.165, 1.54) is 5.56 Å². The summed E-state index contributed by atoms with van der Waals surface area (Å²) in [5.41, 5.74) is 2.31. The number of methoxy groups -OCH3 is 1. The predicted octanol–water partition coefficient (Wildman–Crippen LogP) is 3.14. The number of guanidine groups is 1. The fourth-order valence-electron chi connectivity index (χ4n) is 2.81. The highest BCUT2D eigenvalue weighted by Gasteiger charge is 2.14. The number of ether oxygens (including phenoxy) is 1. The minimum Gasteiger partial charge on any atom is -0.497 e. The van der Waals surface area contributed by atoms with Crippen LogP contribution in [0.4, 0.5) is 0 Å². The van der Waals surface area contributed by atoms with Gasteiger partial charge in [0.1, 0.15) is 10.9 Å². The number of rotatable bonds is 9. The number of hydrogen-bond acceptors (Lipinski definition) is 4. The Balaban J connectivity index is 2.00. The van der Waals surface area contributed by atoms with Gasteiger partial charge in [-0.25, -0.2) is 4.98 Å². The fourth-order valence-corrected chi connectivity index (χ4v) is 2.93. The number of likely N-dealkylation sites (N-methyl/N-ethyl adjacent to an activating group) is 1. The number of nitrogens with zero attached hydrogens (tertiary/aromatic N) is 3. The summed E-state index contributed by atoms with van der Waals surface area (Å²) < 4.78 is 5.36. The van der Waals surface area contributed by atoms with Crippen molar-refractivity contribution >= 4 is 17.6 Å². The summed E-state index contributed by atoms with van der Waals surface area (Å²) in [4.78, 5) is 11.1. The van der Waals surface area contributed by atoms with Crippen molar-refractivity contribution in [2.75, 3.05) is 40.8 Å². The Hall–Kier alpha value is -2.31. The van der Waals surface area contributed by atoms with Crippen molar-refractivity contribution < 1.29 is 4.74 Å². The molecule has 2 N–H and O–H groups in total. The van der Waals surface area contributed by atoms with Crippen LogP contribution in [0.25, 0.3) is 0 Å². The van der Waals surface area contributed by atoms with Gasteiger partial charge in [0.25, 0.3) is 0 Å². The lowest BCUT2D eigenvalue weighted by atomic mass is 10.1. The number of pyridine rings is 1. The van der Waals surface area contributed by atoms with E-state index >= 15 is 0 Å². The molecule has 0 bridgehead atoms. The van der Waals surface area contributed by atoms with Crippen molar-refractivity contribution in [1.82, 2.24) is 20.5 Å². The summed E-state index contributed by atoms with van der Waals surface area (Å²) in [6, 6.07) is 12.1. The maximum absolute atomic E-state index is 5.84. The van der Waals surface area contributed by atoms with Crippen LogP contribution in [0.3, 0.4) is 0 Å². The maximum Gasteiger partial charge on any atom is 0.191 e. The molecule has 1 unspecified atom stereocenters. The van der Waals surface area contributed by atoms with Gasteiger partial charge in [0.2, 0.25) is 0 Å². The molecule has 0 saturated carbocycles. The Morgan fingerprint density at radius 3 is 2.71 bits per heavy atom. The summed E-state index contributed by atoms with van der Waals surface area (Å²) in [5.74, 6) is 1.66. The van der Waals surface area contributed by atoms with Gasteiger partial charge in [-0.15, -0.1) is 0 Å². The van der Waals surface area contributed by atoms with Gasteiger partial charge in [0.15, 0.2) is 5.96 Å². The van der Waals surface area contributed by atoms with Crippen LogP contribution >= 0.6 is 11.6 Å². The second-order valence-corrected chi connectivity index (χ2v) is 7.03. The molecule has 2 rings (SSSR count). The third-order valence-electron chi connectivity index (χ3n) is 4.36. The lowest BCUT2D eigenvalue weighted by Crippen LogP contribution is -2.39. The van der Waals surface area contributed by atoms with E-state index < -0.39 is 0 Å². The molecule has 0 spiro atoms. The molecule has 1 aromatic carbocycles. The highest BCUT2D eigenvalue weighted by molar-refractivity contribution is 6.29. The highest BCUT2D eigenvalue weighted by atomic mass is 35.5. The summed E-state index contributed by atoms with van der Waals surface area (Å²) >= 11 is 5.84. The zero-order valence-electron chi connectivity index (χ0n) is 17.1. The van der Waals surface area contributed by atoms with Crippen LogP contribution in [0.5, 0.6) is 5.75 Å². The van der Waals surface area contributed by atoms with Crippen LogP contribution in [0, 0.1) is 0 Å². The van der Waals surface area contributed by atoms with Crippen molar-refractivity contribution in [2.45, 2.75) is 19.4 Å². The number of hydrogen-bond donors (Lipinski definition) is 2. The molecule has 28 heavy (non-hydrogen) atoms. The van der Waals surface area contributed by atoms with Crippen molar-refractivity contribution in [1.29, 1.82) is 0 Å². The molecular weight excluding hydrogens is 374 g/mol. The van der Waals surface area contributed by atoms with E-state index in [4.69, 9.17) is 21.3 Å². The average molecular weight is 404 g/mol. The highest BCUT2D eigenvalue weighted by Crippen LogP contribution is 2.22. The van der Waals surface area contributed by atoms with Crippen LogP contribution in [-0.4, -0.2) is 56.7 Å². The average Bonchev–Trinajstić information content (AvgIpc) is 2.69. The molecule has 1 aromatic heterocycles. The number of halogens is 1. The van der Waals surface area contributed by atoms with E-state index in [1.807, 2.05) is 24.3 Å². The smallest absolute Gasteiger partial charge is 0.191 e. The molecule has 7 heteroatoms. The van der Waals surface area contributed by atoms with Gasteiger partial charge >= 0.3 is 0 Å². The van der Waals surface area contributed by atoms with Crippen LogP contribution in [-0.2, 0) is 6.42 Å². The Morgan fingerprint density at radius 2 is 2.07 bits per heavy atom. The molecule has 152 valence electrons. The second kappa shape index (κ2) is 11.5. The largest absolute Gasteiger partial charge is 0.497 e. The monoisotopic (exact) mass is 403 g/mol. The molecule has 0 radical (unpaired) electrons. The van der Waals surface area contributed by atoms with E-state index in [2.05, 4.69) is 53.7 Å². The van der Waals surface area contributed by atoms with E-state index in [-0.39, 0.29) is 6.04 Å². The SMILES string of the molecule is CCNC(=NCC(c1cccc(OC)c1)N(C)C)NCCc1ccc(Cl)nc1. The van der Waals surface area contributed by atoms with Crippen molar-refractivity contribution in [3.8, 4) is 5.75 Å². The molecule has 0 aliphatic heterocycles. The van der Waals surface area contributed by atoms with Gasteiger partial charge in [-0.1, -0.05) is 29.8 Å². The first-order chi connectivity index (χ1) is 13.5. The van der Waals surface area contributed by atoms with Gasteiger partial charge in [-0.3, -0.25) is 4.99 Å². The summed E-state index contributed by atoms with van der Waals surface area (Å²) in [6.45, 7) is 4.27. The third kappa shape index (κ3) is 7.02. The Kier molecular flexibility index (Phi) is 9.04. The van der Waals surface area contributed by atoms with E-state index in [0.29, 0.717) is 11.7 Å². The lowest BCUT2D eigenvalue weighted by molar-refractivity contribution is 0.305. The molecule has 0 aliphatic rings. The first kappa shape index (κ1) is 22.0. The van der Waals surface area contributed by atoms with Crippen LogP contribution in [0.1, 0.15) is 24.1 Å². The summed E-state index contributed by atoms with van der Waals surface area (Å²) in [5, 5.41) is 7.21. The minimum absolute atomic E-state index is 0.158. The van der Waals surface area contributed by atoms with Crippen LogP contribution in [0.2, 0.25) is 5.15 Å². The predicted molar refractivity (Wildman–Crippen MR) is 116 cm³/mol. The quantitative estimate of drug-likeness (QED) is 0.382. The fraction of sp³-hybridized carbons (Fsp3) is 0.429. The number of aromatic nitrogens is 1. The molecule has 0 fully saturated rings. The first-order valence-electron chi connectivity index (χ1n) is 9.46. The number of nitrogens with one attached hydrogen (secondary N) is 2. The molecule has 6 nitrogen and oxygen atoms in total. The van der Waals surface area contributed by atoms with Crippen molar-refractivity contribution in [2.24, 2.45) is 4.99 Å². The zero-order chi connectivity index (χ0) is 20.4. The van der Waals surface area contributed by atoms with Gasteiger partial charge < -0.3 is 20.3 Å². The minimum atomic E-state index is 0.158. The molecular formula is C21H30ClN5O. The van der Waals surface area contributed by atoms with Gasteiger partial charge in [-0.2, -0.15) is 0 Å². The standard InChI is InChI=1S/C21H30ClN5O/c1-5-23-21(24-12-11-16-9-10-20(22)25-14-16)26-15-19(27(2)3)17-7-6-8-18(13-17)28-4/h6-10,13-14,19H,5,11-12,15H2,1-4H3,(H2,23,24,26). The maximum atomic E-state index is 5.84. The summed E-state index contributed by atoms with van der Waals surface area (Å²) in [6.07, 6.45) is 2.65. The van der Waals surface area contributed by atoms with E-state index in [0.717, 1.165) is 36.8 Å². The van der Waals surface area contributed by atoms with E-state index in [1.54, 1.807) is 13.3 Å². The molecule has 0 saturated heterocycles. The van der Waals surface area contributed by atoms with Gasteiger partial charge in [-0.05, 0) is 56.8 Å². The molecule has 0 amide bonds. The topological polar surface area (TPSA) is 61.8 Å². The van der Waals surface area contributed by atoms with Crippen molar-refractivity contribution in [3.63, 3.8) is 0 Å². The van der Waals surface area contributed by atoms with Crippen molar-refractivity contribution in [3.05, 3.63) is 58.9 Å². The zero-order valence-corrected chi connectivity index (χ0v) is 17.8. The number of aliphatic imine (C=N–C) groups is 1.